The third-order valence-corrected chi connectivity index (χ3v) is 5.69. The molecule has 2 aromatic rings. The zero-order valence-corrected chi connectivity index (χ0v) is 14.5. The van der Waals surface area contributed by atoms with Gasteiger partial charge in [0, 0.05) is 28.3 Å². The molecule has 26 heavy (non-hydrogen) atoms. The molecule has 0 radical (unpaired) electrons. The summed E-state index contributed by atoms with van der Waals surface area (Å²) in [5.74, 6) is -1.22. The minimum absolute atomic E-state index is 0.198. The van der Waals surface area contributed by atoms with Gasteiger partial charge >= 0.3 is 0 Å². The summed E-state index contributed by atoms with van der Waals surface area (Å²) in [5, 5.41) is 2.30. The lowest BCUT2D eigenvalue weighted by molar-refractivity contribution is -0.136. The van der Waals surface area contributed by atoms with Gasteiger partial charge in [-0.15, -0.1) is 0 Å². The Bertz CT molecular complexity index is 914. The van der Waals surface area contributed by atoms with E-state index in [-0.39, 0.29) is 24.1 Å². The lowest BCUT2D eigenvalue weighted by Gasteiger charge is -2.29. The first-order valence-electron chi connectivity index (χ1n) is 8.23. The molecule has 1 atom stereocenters. The van der Waals surface area contributed by atoms with Crippen LogP contribution in [-0.2, 0) is 16.1 Å². The van der Waals surface area contributed by atoms with Crippen molar-refractivity contribution in [2.24, 2.45) is 0 Å². The average Bonchev–Trinajstić information content (AvgIpc) is 2.95. The Kier molecular flexibility index (Phi) is 4.24. The Balaban J connectivity index is 1.61. The minimum Gasteiger partial charge on any atom is -0.322 e. The second kappa shape index (κ2) is 6.57. The van der Waals surface area contributed by atoms with Gasteiger partial charge in [-0.25, -0.2) is 4.39 Å². The summed E-state index contributed by atoms with van der Waals surface area (Å²) in [7, 11) is 0. The van der Waals surface area contributed by atoms with Crippen molar-refractivity contribution in [2.45, 2.75) is 35.2 Å². The monoisotopic (exact) mass is 370 g/mol. The quantitative estimate of drug-likeness (QED) is 0.844. The van der Waals surface area contributed by atoms with Crippen molar-refractivity contribution in [1.82, 2.24) is 10.2 Å². The van der Waals surface area contributed by atoms with Gasteiger partial charge in [0.25, 0.3) is 5.91 Å². The number of nitrogens with one attached hydrogen (secondary N) is 1. The Morgan fingerprint density at radius 2 is 1.85 bits per heavy atom. The highest BCUT2D eigenvalue weighted by atomic mass is 32.2. The molecule has 1 unspecified atom stereocenters. The zero-order chi connectivity index (χ0) is 18.3. The van der Waals surface area contributed by atoms with Gasteiger partial charge in [-0.05, 0) is 48.4 Å². The molecular weight excluding hydrogens is 355 g/mol. The van der Waals surface area contributed by atoms with Gasteiger partial charge in [-0.1, -0.05) is 17.8 Å². The Hall–Kier alpha value is -2.67. The molecule has 0 aromatic heterocycles. The van der Waals surface area contributed by atoms with E-state index in [4.69, 9.17) is 0 Å². The fourth-order valence-corrected chi connectivity index (χ4v) is 4.25. The maximum Gasteiger partial charge on any atom is 0.255 e. The van der Waals surface area contributed by atoms with Gasteiger partial charge < -0.3 is 4.90 Å². The number of halogens is 1. The molecule has 132 valence electrons. The van der Waals surface area contributed by atoms with Gasteiger partial charge in [0.05, 0.1) is 0 Å². The van der Waals surface area contributed by atoms with Crippen LogP contribution in [-0.4, -0.2) is 28.7 Å². The van der Waals surface area contributed by atoms with Crippen LogP contribution in [0.25, 0.3) is 0 Å². The highest BCUT2D eigenvalue weighted by Crippen LogP contribution is 2.37. The van der Waals surface area contributed by atoms with Crippen LogP contribution in [0, 0.1) is 5.82 Å². The number of nitrogens with zero attached hydrogens (tertiary/aromatic N) is 1. The lowest BCUT2D eigenvalue weighted by atomic mass is 10.0. The van der Waals surface area contributed by atoms with Crippen LogP contribution in [0.3, 0.4) is 0 Å². The molecule has 0 bridgehead atoms. The molecule has 1 fully saturated rings. The van der Waals surface area contributed by atoms with Crippen LogP contribution in [0.4, 0.5) is 4.39 Å². The van der Waals surface area contributed by atoms with Crippen molar-refractivity contribution in [3.8, 4) is 0 Å². The number of carbonyl (C=O) groups is 3. The van der Waals surface area contributed by atoms with Crippen LogP contribution in [0.5, 0.6) is 0 Å². The summed E-state index contributed by atoms with van der Waals surface area (Å²) < 4.78 is 13.1. The zero-order valence-electron chi connectivity index (χ0n) is 13.7. The van der Waals surface area contributed by atoms with Gasteiger partial charge in [-0.3, -0.25) is 19.7 Å². The van der Waals surface area contributed by atoms with E-state index in [9.17, 15) is 18.8 Å². The number of fused-ring (bicyclic) bond motifs is 1. The highest BCUT2D eigenvalue weighted by molar-refractivity contribution is 7.99. The van der Waals surface area contributed by atoms with Crippen LogP contribution < -0.4 is 5.32 Å². The first-order valence-corrected chi connectivity index (χ1v) is 9.04. The third-order valence-electron chi connectivity index (χ3n) is 4.58. The predicted octanol–water partition coefficient (Wildman–Crippen LogP) is 2.74. The number of carbonyl (C=O) groups excluding carboxylic acids is 3. The molecular formula is C19H15FN2O3S. The minimum atomic E-state index is -0.628. The summed E-state index contributed by atoms with van der Waals surface area (Å²) in [6.45, 7) is 0.324. The van der Waals surface area contributed by atoms with Crippen molar-refractivity contribution in [3.63, 3.8) is 0 Å². The average molecular weight is 370 g/mol. The lowest BCUT2D eigenvalue weighted by Crippen LogP contribution is -2.52. The van der Waals surface area contributed by atoms with Gasteiger partial charge in [-0.2, -0.15) is 0 Å². The standard InChI is InChI=1S/C19H15FN2O3S/c20-11-4-6-12(7-5-11)26-16-3-1-2-13-14(16)10-22(19(13)25)15-8-9-17(23)21-18(15)24/h1-7,15H,8-10H2,(H,21,23,24). The molecule has 4 rings (SSSR count). The Morgan fingerprint density at radius 1 is 1.08 bits per heavy atom. The Morgan fingerprint density at radius 3 is 2.58 bits per heavy atom. The van der Waals surface area contributed by atoms with Crippen LogP contribution in [0.15, 0.2) is 52.3 Å². The first kappa shape index (κ1) is 16.8. The predicted molar refractivity (Wildman–Crippen MR) is 93.0 cm³/mol. The number of rotatable bonds is 3. The number of hydrogen-bond acceptors (Lipinski definition) is 4. The van der Waals surface area contributed by atoms with Gasteiger partial charge in [0.1, 0.15) is 11.9 Å². The molecule has 7 heteroatoms. The van der Waals surface area contributed by atoms with Crippen molar-refractivity contribution >= 4 is 29.5 Å². The molecule has 2 aliphatic rings. The molecule has 2 heterocycles. The van der Waals surface area contributed by atoms with Crippen molar-refractivity contribution in [1.29, 1.82) is 0 Å². The van der Waals surface area contributed by atoms with Crippen LogP contribution in [0.2, 0.25) is 0 Å². The summed E-state index contributed by atoms with van der Waals surface area (Å²) in [5.41, 5.74) is 1.43. The topological polar surface area (TPSA) is 66.5 Å². The fraction of sp³-hybridized carbons (Fsp3) is 0.211. The number of benzene rings is 2. The van der Waals surface area contributed by atoms with E-state index in [0.717, 1.165) is 15.4 Å². The van der Waals surface area contributed by atoms with E-state index >= 15 is 0 Å². The smallest absolute Gasteiger partial charge is 0.255 e. The maximum absolute atomic E-state index is 13.1. The van der Waals surface area contributed by atoms with Crippen molar-refractivity contribution < 1.29 is 18.8 Å². The molecule has 3 amide bonds. The van der Waals surface area contributed by atoms with Gasteiger partial charge in [0.15, 0.2) is 0 Å². The summed E-state index contributed by atoms with van der Waals surface area (Å²) in [6, 6.07) is 11.0. The van der Waals surface area contributed by atoms with Crippen LogP contribution in [0.1, 0.15) is 28.8 Å². The van der Waals surface area contributed by atoms with E-state index in [1.165, 1.54) is 28.8 Å². The molecule has 2 aromatic carbocycles. The molecule has 1 N–H and O–H groups in total. The summed E-state index contributed by atoms with van der Waals surface area (Å²) in [4.78, 5) is 39.6. The normalized spacial score (nSPS) is 19.5. The van der Waals surface area contributed by atoms with Crippen molar-refractivity contribution in [2.75, 3.05) is 0 Å². The van der Waals surface area contributed by atoms with E-state index in [0.29, 0.717) is 18.5 Å². The second-order valence-corrected chi connectivity index (χ2v) is 7.35. The van der Waals surface area contributed by atoms with Crippen LogP contribution >= 0.6 is 11.8 Å². The number of imide groups is 1. The summed E-state index contributed by atoms with van der Waals surface area (Å²) in [6.07, 6.45) is 0.568. The molecule has 2 aliphatic heterocycles. The third kappa shape index (κ3) is 2.99. The SMILES string of the molecule is O=C1CCC(N2Cc3c(Sc4ccc(F)cc4)cccc3C2=O)C(=O)N1. The van der Waals surface area contributed by atoms with E-state index in [1.54, 1.807) is 24.3 Å². The maximum atomic E-state index is 13.1. The first-order chi connectivity index (χ1) is 12.5. The number of piperidine rings is 1. The molecule has 0 aliphatic carbocycles. The Labute approximate surface area is 153 Å². The van der Waals surface area contributed by atoms with E-state index in [2.05, 4.69) is 5.32 Å². The summed E-state index contributed by atoms with van der Waals surface area (Å²) >= 11 is 1.45. The molecule has 1 saturated heterocycles. The number of amides is 3. The number of hydrogen-bond donors (Lipinski definition) is 1. The fourth-order valence-electron chi connectivity index (χ4n) is 3.28. The second-order valence-electron chi connectivity index (χ2n) is 6.24. The van der Waals surface area contributed by atoms with Gasteiger partial charge in [0.2, 0.25) is 11.8 Å². The van der Waals surface area contributed by atoms with E-state index < -0.39 is 11.9 Å². The largest absolute Gasteiger partial charge is 0.322 e. The molecule has 0 saturated carbocycles. The van der Waals surface area contributed by atoms with E-state index in [1.807, 2.05) is 6.07 Å². The molecule has 0 spiro atoms. The highest BCUT2D eigenvalue weighted by Gasteiger charge is 2.39. The molecule has 5 nitrogen and oxygen atoms in total. The van der Waals surface area contributed by atoms with Crippen molar-refractivity contribution in [3.05, 3.63) is 59.4 Å².